The van der Waals surface area contributed by atoms with Crippen LogP contribution in [-0.2, 0) is 49.4 Å². The number of carbonyl (C=O) groups excluding carboxylic acids is 5. The van der Waals surface area contributed by atoms with Gasteiger partial charge in [0.2, 0.25) is 5.60 Å². The summed E-state index contributed by atoms with van der Waals surface area (Å²) in [6.07, 6.45) is -1.22. The number of ether oxygens (including phenoxy) is 3. The molecule has 3 heterocycles. The zero-order chi connectivity index (χ0) is 41.9. The van der Waals surface area contributed by atoms with Crippen molar-refractivity contribution in [1.29, 1.82) is 0 Å². The fraction of sp³-hybridized carbons (Fsp3) is 0.425. The number of nitrogens with one attached hydrogen (secondary N) is 2. The van der Waals surface area contributed by atoms with Gasteiger partial charge >= 0.3 is 18.0 Å². The van der Waals surface area contributed by atoms with Crippen molar-refractivity contribution in [3.05, 3.63) is 94.1 Å². The summed E-state index contributed by atoms with van der Waals surface area (Å²) < 4.78 is 28.2. The first-order chi connectivity index (χ1) is 26.7. The molecule has 2 unspecified atom stereocenters. The summed E-state index contributed by atoms with van der Waals surface area (Å²) in [5.41, 5.74) is -1.83. The normalized spacial score (nSPS) is 18.6. The molecule has 0 spiro atoms. The number of benzene rings is 2. The van der Waals surface area contributed by atoms with Crippen molar-refractivity contribution in [2.24, 2.45) is 5.16 Å². The molecule has 1 saturated heterocycles. The minimum Gasteiger partial charge on any atom is -0.457 e. The van der Waals surface area contributed by atoms with Gasteiger partial charge in [0, 0.05) is 11.0 Å². The van der Waals surface area contributed by atoms with Crippen LogP contribution in [0.15, 0.2) is 82.5 Å². The van der Waals surface area contributed by atoms with Crippen molar-refractivity contribution in [2.75, 3.05) is 11.1 Å². The van der Waals surface area contributed by atoms with Crippen LogP contribution in [0.25, 0.3) is 0 Å². The molecular weight excluding hydrogens is 775 g/mol. The molecule has 1 fully saturated rings. The molecule has 2 aliphatic heterocycles. The number of hydrogen-bond acceptors (Lipinski definition) is 13. The van der Waals surface area contributed by atoms with E-state index >= 15 is 0 Å². The molecule has 0 aliphatic carbocycles. The van der Waals surface area contributed by atoms with E-state index in [1.54, 1.807) is 41.5 Å². The monoisotopic (exact) mass is 822 g/mol. The minimum absolute atomic E-state index is 0.0151. The second kappa shape index (κ2) is 17.1. The van der Waals surface area contributed by atoms with Gasteiger partial charge in [0.15, 0.2) is 39.9 Å². The number of oxime groups is 1. The van der Waals surface area contributed by atoms with E-state index in [0.29, 0.717) is 12.0 Å². The van der Waals surface area contributed by atoms with E-state index in [9.17, 15) is 28.5 Å². The van der Waals surface area contributed by atoms with Gasteiger partial charge in [-0.25, -0.2) is 19.4 Å². The second-order valence-corrected chi connectivity index (χ2v) is 18.1. The molecule has 15 nitrogen and oxygen atoms in total. The van der Waals surface area contributed by atoms with Crippen LogP contribution in [0.2, 0.25) is 0 Å². The molecule has 0 saturated carbocycles. The van der Waals surface area contributed by atoms with E-state index in [-0.39, 0.29) is 22.3 Å². The summed E-state index contributed by atoms with van der Waals surface area (Å²) in [4.78, 5) is 78.7. The van der Waals surface area contributed by atoms with Gasteiger partial charge in [-0.2, -0.15) is 4.55 Å². The number of fused-ring (bicyclic) bond motifs is 1. The molecule has 0 radical (unpaired) electrons. The zero-order valence-electron chi connectivity index (χ0n) is 33.3. The topological polar surface area (TPSA) is 195 Å². The molecule has 2 aliphatic rings. The third-order valence-corrected chi connectivity index (χ3v) is 10.8. The Morgan fingerprint density at radius 2 is 1.53 bits per heavy atom. The van der Waals surface area contributed by atoms with Crippen LogP contribution in [0.5, 0.6) is 0 Å². The van der Waals surface area contributed by atoms with Gasteiger partial charge in [0.1, 0.15) is 22.6 Å². The van der Waals surface area contributed by atoms with Crippen LogP contribution < -0.4 is 10.6 Å². The van der Waals surface area contributed by atoms with Gasteiger partial charge in [-0.1, -0.05) is 72.7 Å². The highest BCUT2D eigenvalue weighted by atomic mass is 32.2. The third-order valence-electron chi connectivity index (χ3n) is 8.38. The molecule has 3 amide bonds. The fourth-order valence-electron chi connectivity index (χ4n) is 5.72. The molecule has 304 valence electrons. The highest BCUT2D eigenvalue weighted by molar-refractivity contribution is 7.92. The Kier molecular flexibility index (Phi) is 12.8. The SMILES string of the molecule is CCC1=C(C(=O)OC(c2ccccc2)c2ccccc2)N2C(=O)[C@@H](NC(=O)/C(=N\OC(C)(C)C(=O)OC(C)(C)C)c3csc(NC(=O)OC(C)(C)C)n3)C2[S+](O)C1. The predicted octanol–water partition coefficient (Wildman–Crippen LogP) is 6.09. The maximum absolute atomic E-state index is 14.1. The first kappa shape index (κ1) is 42.9. The van der Waals surface area contributed by atoms with Crippen LogP contribution in [0, 0.1) is 0 Å². The quantitative estimate of drug-likeness (QED) is 0.0478. The molecule has 2 aromatic carbocycles. The van der Waals surface area contributed by atoms with Gasteiger partial charge < -0.3 is 24.4 Å². The molecule has 17 heteroatoms. The first-order valence-electron chi connectivity index (χ1n) is 18.2. The Morgan fingerprint density at radius 3 is 2.07 bits per heavy atom. The van der Waals surface area contributed by atoms with Gasteiger partial charge in [-0.05, 0) is 72.9 Å². The van der Waals surface area contributed by atoms with E-state index < -0.39 is 81.1 Å². The van der Waals surface area contributed by atoms with Crippen LogP contribution in [0.3, 0.4) is 0 Å². The number of thiazole rings is 1. The van der Waals surface area contributed by atoms with Gasteiger partial charge in [0.05, 0.1) is 0 Å². The van der Waals surface area contributed by atoms with Crippen LogP contribution in [-0.4, -0.2) is 84.0 Å². The predicted molar refractivity (Wildman–Crippen MR) is 215 cm³/mol. The lowest BCUT2D eigenvalue weighted by molar-refractivity contribution is -0.179. The molecule has 3 N–H and O–H groups in total. The van der Waals surface area contributed by atoms with Crippen molar-refractivity contribution in [3.63, 3.8) is 0 Å². The minimum atomic E-state index is -1.68. The summed E-state index contributed by atoms with van der Waals surface area (Å²) in [7, 11) is 0. The van der Waals surface area contributed by atoms with Crippen molar-refractivity contribution < 1.29 is 47.6 Å². The highest BCUT2D eigenvalue weighted by Crippen LogP contribution is 2.39. The summed E-state index contributed by atoms with van der Waals surface area (Å²) in [5.74, 6) is -3.05. The van der Waals surface area contributed by atoms with E-state index in [1.165, 1.54) is 24.1 Å². The van der Waals surface area contributed by atoms with Crippen molar-refractivity contribution in [2.45, 2.75) is 103 Å². The van der Waals surface area contributed by atoms with Crippen LogP contribution in [0.4, 0.5) is 9.93 Å². The number of hydrogen-bond donors (Lipinski definition) is 3. The summed E-state index contributed by atoms with van der Waals surface area (Å²) in [6.45, 7) is 14.8. The number of β-lactam (4-membered cyclic amide) rings is 1. The summed E-state index contributed by atoms with van der Waals surface area (Å²) in [5, 5.41) is 9.63. The van der Waals surface area contributed by atoms with E-state index in [4.69, 9.17) is 19.0 Å². The number of anilines is 1. The van der Waals surface area contributed by atoms with E-state index in [0.717, 1.165) is 22.5 Å². The number of esters is 2. The summed E-state index contributed by atoms with van der Waals surface area (Å²) in [6, 6.07) is 17.1. The Labute approximate surface area is 338 Å². The Morgan fingerprint density at radius 1 is 0.947 bits per heavy atom. The van der Waals surface area contributed by atoms with Gasteiger partial charge in [0.25, 0.3) is 17.2 Å². The van der Waals surface area contributed by atoms with E-state index in [1.807, 2.05) is 67.6 Å². The average molecular weight is 823 g/mol. The molecule has 5 rings (SSSR count). The molecular formula is C40H48N5O10S2+. The largest absolute Gasteiger partial charge is 0.457 e. The number of nitrogens with zero attached hydrogens (tertiary/aromatic N) is 3. The maximum Gasteiger partial charge on any atom is 0.413 e. The van der Waals surface area contributed by atoms with Crippen molar-refractivity contribution in [3.8, 4) is 0 Å². The lowest BCUT2D eigenvalue weighted by atomic mass is 10.00. The highest BCUT2D eigenvalue weighted by Gasteiger charge is 2.64. The third kappa shape index (κ3) is 10.4. The Balaban J connectivity index is 1.41. The van der Waals surface area contributed by atoms with Crippen LogP contribution in [0.1, 0.15) is 91.7 Å². The molecule has 57 heavy (non-hydrogen) atoms. The number of aromatic nitrogens is 1. The average Bonchev–Trinajstić information content (AvgIpc) is 3.58. The fourth-order valence-corrected chi connectivity index (χ4v) is 8.22. The summed E-state index contributed by atoms with van der Waals surface area (Å²) >= 11 is -0.522. The second-order valence-electron chi connectivity index (χ2n) is 15.7. The molecule has 1 aromatic heterocycles. The van der Waals surface area contributed by atoms with Gasteiger partial charge in [-0.15, -0.1) is 11.3 Å². The standard InChI is InChI=1S/C40H47N5O10S2/c1-10-23-22-57(51)33-28(32(47)45(33)29(23)34(48)52-30(24-17-13-11-14-18-24)25-19-15-12-16-20-25)42-31(46)27(44-55-40(8,9)35(49)53-38(2,3)4)26-21-56-36(41-26)43-37(50)54-39(5,6)7/h11-21,28,30,33,51H,10,22H2,1-9H3,(H-,41,42,43,46,50)/p+1/b44-27-/t28-,33?,57?/m1/s1. The van der Waals surface area contributed by atoms with Crippen molar-refractivity contribution in [1.82, 2.24) is 15.2 Å². The van der Waals surface area contributed by atoms with Crippen LogP contribution >= 0.6 is 11.3 Å². The lowest BCUT2D eigenvalue weighted by Gasteiger charge is -2.46. The maximum atomic E-state index is 14.1. The smallest absolute Gasteiger partial charge is 0.413 e. The molecule has 0 bridgehead atoms. The Hall–Kier alpha value is -5.26. The first-order valence-corrected chi connectivity index (χ1v) is 20.5. The zero-order valence-corrected chi connectivity index (χ0v) is 34.9. The van der Waals surface area contributed by atoms with Crippen molar-refractivity contribution >= 4 is 63.2 Å². The Bertz CT molecular complexity index is 2020. The number of amides is 3. The number of rotatable bonds is 12. The molecule has 3 aromatic rings. The van der Waals surface area contributed by atoms with E-state index in [2.05, 4.69) is 20.8 Å². The molecule has 3 atom stereocenters. The number of carbonyl (C=O) groups is 5. The lowest BCUT2D eigenvalue weighted by Crippen LogP contribution is -2.75. The van der Waals surface area contributed by atoms with Gasteiger partial charge in [-0.3, -0.25) is 19.8 Å².